The van der Waals surface area contributed by atoms with Crippen molar-refractivity contribution >= 4 is 27.5 Å². The van der Waals surface area contributed by atoms with Crippen LogP contribution in [-0.2, 0) is 21.4 Å². The van der Waals surface area contributed by atoms with E-state index in [1.165, 1.54) is 32.4 Å². The van der Waals surface area contributed by atoms with Gasteiger partial charge in [0.05, 0.1) is 19.2 Å². The molecular weight excluding hydrogens is 380 g/mol. The first-order chi connectivity index (χ1) is 12.3. The topological polar surface area (TPSA) is 84.9 Å². The van der Waals surface area contributed by atoms with Crippen LogP contribution >= 0.6 is 11.6 Å². The minimum Gasteiger partial charge on any atom is -0.497 e. The Morgan fingerprint density at radius 2 is 1.81 bits per heavy atom. The average Bonchev–Trinajstić information content (AvgIpc) is 2.65. The van der Waals surface area contributed by atoms with Crippen LogP contribution in [0, 0.1) is 0 Å². The Hall–Kier alpha value is -2.13. The zero-order valence-electron chi connectivity index (χ0n) is 14.5. The molecule has 2 rings (SSSR count). The highest BCUT2D eigenvalue weighted by Gasteiger charge is 2.25. The van der Waals surface area contributed by atoms with E-state index < -0.39 is 15.9 Å². The normalized spacial score (nSPS) is 11.4. The molecule has 0 atom stereocenters. The van der Waals surface area contributed by atoms with E-state index in [9.17, 15) is 13.2 Å². The molecule has 1 amide bonds. The zero-order valence-corrected chi connectivity index (χ0v) is 16.1. The summed E-state index contributed by atoms with van der Waals surface area (Å²) < 4.78 is 30.5. The largest absolute Gasteiger partial charge is 0.497 e. The lowest BCUT2D eigenvalue weighted by molar-refractivity contribution is -0.0258. The van der Waals surface area contributed by atoms with E-state index >= 15 is 0 Å². The molecule has 2 aromatic carbocycles. The molecule has 0 aliphatic carbocycles. The third-order valence-electron chi connectivity index (χ3n) is 3.68. The third-order valence-corrected chi connectivity index (χ3v) is 5.84. The number of halogens is 1. The summed E-state index contributed by atoms with van der Waals surface area (Å²) in [5.74, 6) is 0.295. The summed E-state index contributed by atoms with van der Waals surface area (Å²) in [6.07, 6.45) is 0. The van der Waals surface area contributed by atoms with Crippen LogP contribution < -0.4 is 10.1 Å². The Morgan fingerprint density at radius 1 is 1.15 bits per heavy atom. The van der Waals surface area contributed by atoms with Crippen LogP contribution in [0.2, 0.25) is 5.02 Å². The van der Waals surface area contributed by atoms with Gasteiger partial charge in [-0.05, 0) is 35.9 Å². The van der Waals surface area contributed by atoms with Crippen LogP contribution in [-0.4, -0.2) is 40.1 Å². The molecule has 7 nitrogen and oxygen atoms in total. The minimum absolute atomic E-state index is 0.000560. The molecule has 0 fully saturated rings. The highest BCUT2D eigenvalue weighted by Crippen LogP contribution is 2.25. The molecular formula is C17H19ClN2O5S. The molecule has 0 spiro atoms. The van der Waals surface area contributed by atoms with E-state index in [-0.39, 0.29) is 22.0 Å². The first-order valence-corrected chi connectivity index (χ1v) is 9.35. The number of nitrogens with zero attached hydrogens (tertiary/aromatic N) is 1. The lowest BCUT2D eigenvalue weighted by atomic mass is 10.2. The summed E-state index contributed by atoms with van der Waals surface area (Å²) >= 11 is 5.98. The molecule has 0 saturated heterocycles. The van der Waals surface area contributed by atoms with E-state index in [1.807, 2.05) is 12.1 Å². The second kappa shape index (κ2) is 8.50. The SMILES string of the molecule is COc1ccc(CNC(=O)c2ccc(Cl)c(S(=O)(=O)N(C)OC)c2)cc1. The number of carbonyl (C=O) groups is 1. The summed E-state index contributed by atoms with van der Waals surface area (Å²) in [4.78, 5) is 16.9. The first-order valence-electron chi connectivity index (χ1n) is 7.53. The number of nitrogens with one attached hydrogen (secondary N) is 1. The van der Waals surface area contributed by atoms with Gasteiger partial charge in [-0.15, -0.1) is 0 Å². The van der Waals surface area contributed by atoms with Gasteiger partial charge >= 0.3 is 0 Å². The quantitative estimate of drug-likeness (QED) is 0.724. The van der Waals surface area contributed by atoms with Crippen molar-refractivity contribution in [3.05, 3.63) is 58.6 Å². The second-order valence-corrected chi connectivity index (χ2v) is 7.58. The minimum atomic E-state index is -3.97. The highest BCUT2D eigenvalue weighted by atomic mass is 35.5. The van der Waals surface area contributed by atoms with Crippen molar-refractivity contribution in [2.24, 2.45) is 0 Å². The van der Waals surface area contributed by atoms with E-state index in [0.717, 1.165) is 11.3 Å². The molecule has 26 heavy (non-hydrogen) atoms. The van der Waals surface area contributed by atoms with Crippen LogP contribution in [0.1, 0.15) is 15.9 Å². The van der Waals surface area contributed by atoms with E-state index in [0.29, 0.717) is 4.47 Å². The second-order valence-electron chi connectivity index (χ2n) is 5.27. The molecule has 0 bridgehead atoms. The number of ether oxygens (including phenoxy) is 1. The van der Waals surface area contributed by atoms with Gasteiger partial charge in [0.25, 0.3) is 15.9 Å². The number of sulfonamides is 1. The maximum absolute atomic E-state index is 12.4. The van der Waals surface area contributed by atoms with Crippen molar-refractivity contribution in [3.8, 4) is 5.75 Å². The van der Waals surface area contributed by atoms with Gasteiger partial charge in [-0.3, -0.25) is 9.63 Å². The molecule has 0 aromatic heterocycles. The first kappa shape index (κ1) is 20.2. The summed E-state index contributed by atoms with van der Waals surface area (Å²) in [6.45, 7) is 0.283. The molecule has 9 heteroatoms. The molecule has 1 N–H and O–H groups in total. The Kier molecular flexibility index (Phi) is 6.60. The summed E-state index contributed by atoms with van der Waals surface area (Å²) in [6, 6.07) is 11.3. The Bertz CT molecular complexity index is 885. The predicted octanol–water partition coefficient (Wildman–Crippen LogP) is 2.46. The number of hydrogen-bond donors (Lipinski definition) is 1. The number of hydrogen-bond acceptors (Lipinski definition) is 5. The molecule has 0 heterocycles. The summed E-state index contributed by atoms with van der Waals surface area (Å²) in [5.41, 5.74) is 1.05. The maximum Gasteiger partial charge on any atom is 0.266 e. The van der Waals surface area contributed by atoms with Crippen molar-refractivity contribution < 1.29 is 22.8 Å². The molecule has 0 aliphatic heterocycles. The van der Waals surface area contributed by atoms with E-state index in [2.05, 4.69) is 5.32 Å². The molecule has 0 radical (unpaired) electrons. The van der Waals surface area contributed by atoms with Gasteiger partial charge in [-0.1, -0.05) is 28.2 Å². The van der Waals surface area contributed by atoms with Gasteiger partial charge in [0.15, 0.2) is 0 Å². The van der Waals surface area contributed by atoms with Crippen LogP contribution in [0.3, 0.4) is 0 Å². The van der Waals surface area contributed by atoms with E-state index in [4.69, 9.17) is 21.2 Å². The standard InChI is InChI=1S/C17H19ClN2O5S/c1-20(25-3)26(22,23)16-10-13(6-9-15(16)18)17(21)19-11-12-4-7-14(24-2)8-5-12/h4-10H,11H2,1-3H3,(H,19,21). The van der Waals surface area contributed by atoms with Crippen molar-refractivity contribution in [2.75, 3.05) is 21.3 Å². The lowest BCUT2D eigenvalue weighted by Crippen LogP contribution is -2.27. The third kappa shape index (κ3) is 4.53. The molecule has 0 aliphatic rings. The van der Waals surface area contributed by atoms with Gasteiger partial charge in [-0.2, -0.15) is 0 Å². The summed E-state index contributed by atoms with van der Waals surface area (Å²) in [7, 11) is 0.0654. The predicted molar refractivity (Wildman–Crippen MR) is 97.6 cm³/mol. The Labute approximate surface area is 157 Å². The number of carbonyl (C=O) groups excluding carboxylic acids is 1. The maximum atomic E-state index is 12.4. The molecule has 140 valence electrons. The lowest BCUT2D eigenvalue weighted by Gasteiger charge is -2.16. The van der Waals surface area contributed by atoms with Crippen molar-refractivity contribution in [2.45, 2.75) is 11.4 Å². The monoisotopic (exact) mass is 398 g/mol. The van der Waals surface area contributed by atoms with Crippen molar-refractivity contribution in [3.63, 3.8) is 0 Å². The van der Waals surface area contributed by atoms with Crippen LogP contribution in [0.5, 0.6) is 5.75 Å². The van der Waals surface area contributed by atoms with Gasteiger partial charge < -0.3 is 10.1 Å². The van der Waals surface area contributed by atoms with Crippen molar-refractivity contribution in [1.82, 2.24) is 9.79 Å². The van der Waals surface area contributed by atoms with Crippen LogP contribution in [0.15, 0.2) is 47.4 Å². The number of rotatable bonds is 7. The van der Waals surface area contributed by atoms with Gasteiger partial charge in [-0.25, -0.2) is 8.42 Å². The zero-order chi connectivity index (χ0) is 19.3. The van der Waals surface area contributed by atoms with Crippen LogP contribution in [0.4, 0.5) is 0 Å². The highest BCUT2D eigenvalue weighted by molar-refractivity contribution is 7.89. The average molecular weight is 399 g/mol. The van der Waals surface area contributed by atoms with Crippen molar-refractivity contribution in [1.29, 1.82) is 0 Å². The van der Waals surface area contributed by atoms with E-state index in [1.54, 1.807) is 19.2 Å². The molecule has 0 saturated carbocycles. The summed E-state index contributed by atoms with van der Waals surface area (Å²) in [5, 5.41) is 2.73. The van der Waals surface area contributed by atoms with Gasteiger partial charge in [0.1, 0.15) is 10.6 Å². The Balaban J connectivity index is 2.17. The fourth-order valence-electron chi connectivity index (χ4n) is 2.11. The fraction of sp³-hybridized carbons (Fsp3) is 0.235. The Morgan fingerprint density at radius 3 is 2.38 bits per heavy atom. The number of methoxy groups -OCH3 is 1. The number of amides is 1. The molecule has 2 aromatic rings. The fourth-order valence-corrected chi connectivity index (χ4v) is 3.58. The van der Waals surface area contributed by atoms with Crippen LogP contribution in [0.25, 0.3) is 0 Å². The number of hydroxylamine groups is 1. The van der Waals surface area contributed by atoms with Gasteiger partial charge in [0, 0.05) is 19.2 Å². The van der Waals surface area contributed by atoms with Gasteiger partial charge in [0.2, 0.25) is 0 Å². The molecule has 0 unspecified atom stereocenters. The smallest absolute Gasteiger partial charge is 0.266 e. The number of benzene rings is 2.